The molecule has 3 nitrogen and oxygen atoms in total. The molecule has 1 aliphatic heterocycles. The van der Waals surface area contributed by atoms with Crippen LogP contribution in [0.2, 0.25) is 0 Å². The van der Waals surface area contributed by atoms with Crippen LogP contribution in [-0.4, -0.2) is 17.1 Å². The van der Waals surface area contributed by atoms with Crippen molar-refractivity contribution < 1.29 is 9.90 Å². The summed E-state index contributed by atoms with van der Waals surface area (Å²) in [5, 5.41) is 12.0. The lowest BCUT2D eigenvalue weighted by Crippen LogP contribution is -2.31. The van der Waals surface area contributed by atoms with E-state index in [1.807, 2.05) is 24.3 Å². The lowest BCUT2D eigenvalue weighted by atomic mass is 10.1. The van der Waals surface area contributed by atoms with Gasteiger partial charge in [-0.1, -0.05) is 28.1 Å². The molecule has 0 spiro atoms. The highest BCUT2D eigenvalue weighted by atomic mass is 79.9. The second kappa shape index (κ2) is 4.33. The highest BCUT2D eigenvalue weighted by Crippen LogP contribution is 2.27. The summed E-state index contributed by atoms with van der Waals surface area (Å²) in [7, 11) is 0. The van der Waals surface area contributed by atoms with Gasteiger partial charge in [-0.25, -0.2) is 0 Å². The van der Waals surface area contributed by atoms with Crippen molar-refractivity contribution in [3.05, 3.63) is 34.3 Å². The molecule has 0 amide bonds. The van der Waals surface area contributed by atoms with Gasteiger partial charge in [-0.05, 0) is 30.5 Å². The number of aliphatic carboxylic acids is 1. The van der Waals surface area contributed by atoms with E-state index in [4.69, 9.17) is 5.11 Å². The summed E-state index contributed by atoms with van der Waals surface area (Å²) in [6, 6.07) is 7.78. The van der Waals surface area contributed by atoms with Crippen molar-refractivity contribution in [3.8, 4) is 0 Å². The van der Waals surface area contributed by atoms with Crippen molar-refractivity contribution in [1.29, 1.82) is 0 Å². The van der Waals surface area contributed by atoms with Gasteiger partial charge in [0.2, 0.25) is 0 Å². The molecule has 1 heterocycles. The molecule has 0 unspecified atom stereocenters. The van der Waals surface area contributed by atoms with Crippen LogP contribution in [0.5, 0.6) is 0 Å². The first-order chi connectivity index (χ1) is 7.16. The number of halogens is 1. The van der Waals surface area contributed by atoms with Crippen molar-refractivity contribution in [2.75, 3.05) is 0 Å². The Bertz CT molecular complexity index is 363. The fraction of sp³-hybridized carbons (Fsp3) is 0.364. The van der Waals surface area contributed by atoms with Gasteiger partial charge in [0.15, 0.2) is 0 Å². The number of carboxylic acids is 1. The average Bonchev–Trinajstić information content (AvgIpc) is 2.68. The van der Waals surface area contributed by atoms with Gasteiger partial charge >= 0.3 is 5.97 Å². The summed E-state index contributed by atoms with van der Waals surface area (Å²) in [5.74, 6) is -0.755. The molecule has 1 aliphatic rings. The molecule has 15 heavy (non-hydrogen) atoms. The molecule has 1 saturated heterocycles. The molecule has 4 heteroatoms. The van der Waals surface area contributed by atoms with E-state index in [1.165, 1.54) is 0 Å². The van der Waals surface area contributed by atoms with Crippen molar-refractivity contribution in [1.82, 2.24) is 5.32 Å². The molecule has 0 aromatic heterocycles. The minimum absolute atomic E-state index is 0.180. The van der Waals surface area contributed by atoms with E-state index in [0.29, 0.717) is 6.42 Å². The minimum atomic E-state index is -0.755. The maximum absolute atomic E-state index is 10.8. The molecule has 1 aromatic rings. The second-order valence-electron chi connectivity index (χ2n) is 3.74. The average molecular weight is 270 g/mol. The van der Waals surface area contributed by atoms with E-state index < -0.39 is 12.0 Å². The number of hydrogen-bond acceptors (Lipinski definition) is 2. The van der Waals surface area contributed by atoms with Crippen LogP contribution in [0.25, 0.3) is 0 Å². The molecule has 0 radical (unpaired) electrons. The Morgan fingerprint density at radius 2 is 2.00 bits per heavy atom. The van der Waals surface area contributed by atoms with Crippen LogP contribution in [0.3, 0.4) is 0 Å². The summed E-state index contributed by atoms with van der Waals surface area (Å²) in [6.07, 6.45) is 1.59. The number of nitrogens with one attached hydrogen (secondary N) is 1. The Kier molecular flexibility index (Phi) is 3.07. The Labute approximate surface area is 96.6 Å². The molecule has 0 saturated carbocycles. The van der Waals surface area contributed by atoms with E-state index >= 15 is 0 Å². The summed E-state index contributed by atoms with van der Waals surface area (Å²) >= 11 is 3.37. The summed E-state index contributed by atoms with van der Waals surface area (Å²) in [5.41, 5.74) is 1.15. The molecule has 1 aromatic carbocycles. The van der Waals surface area contributed by atoms with Crippen molar-refractivity contribution in [2.45, 2.75) is 24.9 Å². The Hall–Kier alpha value is -0.870. The van der Waals surface area contributed by atoms with Gasteiger partial charge in [0.1, 0.15) is 6.04 Å². The van der Waals surface area contributed by atoms with Gasteiger partial charge in [-0.3, -0.25) is 10.1 Å². The van der Waals surface area contributed by atoms with Gasteiger partial charge in [-0.2, -0.15) is 0 Å². The number of carboxylic acid groups (broad SMARTS) is 1. The molecule has 1 fully saturated rings. The van der Waals surface area contributed by atoms with Crippen molar-refractivity contribution in [3.63, 3.8) is 0 Å². The highest BCUT2D eigenvalue weighted by Gasteiger charge is 2.29. The van der Waals surface area contributed by atoms with Crippen LogP contribution in [0.15, 0.2) is 28.7 Å². The topological polar surface area (TPSA) is 49.3 Å². The Balaban J connectivity index is 2.07. The van der Waals surface area contributed by atoms with Crippen LogP contribution in [0, 0.1) is 0 Å². The third kappa shape index (κ3) is 2.38. The smallest absolute Gasteiger partial charge is 0.320 e. The molecular formula is C11H12BrNO2. The van der Waals surface area contributed by atoms with Crippen molar-refractivity contribution in [2.24, 2.45) is 0 Å². The van der Waals surface area contributed by atoms with Gasteiger partial charge in [0.25, 0.3) is 0 Å². The van der Waals surface area contributed by atoms with Crippen LogP contribution >= 0.6 is 15.9 Å². The second-order valence-corrected chi connectivity index (χ2v) is 4.65. The van der Waals surface area contributed by atoms with E-state index in [1.54, 1.807) is 0 Å². The predicted molar refractivity (Wildman–Crippen MR) is 60.7 cm³/mol. The van der Waals surface area contributed by atoms with Gasteiger partial charge in [-0.15, -0.1) is 0 Å². The summed E-state index contributed by atoms with van der Waals surface area (Å²) < 4.78 is 1.04. The third-order valence-electron chi connectivity index (χ3n) is 2.72. The summed E-state index contributed by atoms with van der Waals surface area (Å²) in [6.45, 7) is 0. The summed E-state index contributed by atoms with van der Waals surface area (Å²) in [4.78, 5) is 10.8. The third-order valence-corrected chi connectivity index (χ3v) is 3.25. The maximum atomic E-state index is 10.8. The monoisotopic (exact) mass is 269 g/mol. The zero-order chi connectivity index (χ0) is 10.8. The van der Waals surface area contributed by atoms with Crippen LogP contribution in [-0.2, 0) is 4.79 Å². The van der Waals surface area contributed by atoms with E-state index in [9.17, 15) is 4.79 Å². The Morgan fingerprint density at radius 1 is 1.33 bits per heavy atom. The molecule has 0 aliphatic carbocycles. The largest absolute Gasteiger partial charge is 0.480 e. The van der Waals surface area contributed by atoms with Gasteiger partial charge < -0.3 is 5.11 Å². The Morgan fingerprint density at radius 3 is 2.53 bits per heavy atom. The molecule has 0 bridgehead atoms. The fourth-order valence-corrected chi connectivity index (χ4v) is 2.16. The zero-order valence-electron chi connectivity index (χ0n) is 8.11. The van der Waals surface area contributed by atoms with E-state index in [0.717, 1.165) is 16.5 Å². The lowest BCUT2D eigenvalue weighted by Gasteiger charge is -2.12. The van der Waals surface area contributed by atoms with E-state index in [2.05, 4.69) is 21.2 Å². The molecule has 2 N–H and O–H groups in total. The number of carbonyl (C=O) groups is 1. The fourth-order valence-electron chi connectivity index (χ4n) is 1.90. The van der Waals surface area contributed by atoms with Crippen molar-refractivity contribution >= 4 is 21.9 Å². The zero-order valence-corrected chi connectivity index (χ0v) is 9.70. The van der Waals surface area contributed by atoms with Crippen LogP contribution < -0.4 is 5.32 Å². The molecule has 80 valence electrons. The quantitative estimate of drug-likeness (QED) is 0.867. The van der Waals surface area contributed by atoms with Gasteiger partial charge in [0.05, 0.1) is 0 Å². The molecule has 2 rings (SSSR count). The number of benzene rings is 1. The normalized spacial score (nSPS) is 25.4. The van der Waals surface area contributed by atoms with Crippen LogP contribution in [0.1, 0.15) is 24.4 Å². The lowest BCUT2D eigenvalue weighted by molar-refractivity contribution is -0.139. The highest BCUT2D eigenvalue weighted by molar-refractivity contribution is 9.10. The predicted octanol–water partition coefficient (Wildman–Crippen LogP) is 2.33. The number of rotatable bonds is 2. The maximum Gasteiger partial charge on any atom is 0.320 e. The van der Waals surface area contributed by atoms with Gasteiger partial charge in [0, 0.05) is 10.5 Å². The standard InChI is InChI=1S/C11H12BrNO2/c12-8-3-1-7(2-4-8)9-5-6-10(13-9)11(14)15/h1-4,9-10,13H,5-6H2,(H,14,15)/t9-,10+/m1/s1. The minimum Gasteiger partial charge on any atom is -0.480 e. The SMILES string of the molecule is O=C(O)[C@@H]1CC[C@H](c2ccc(Br)cc2)N1. The van der Waals surface area contributed by atoms with Crippen LogP contribution in [0.4, 0.5) is 0 Å². The van der Waals surface area contributed by atoms with E-state index in [-0.39, 0.29) is 6.04 Å². The molecular weight excluding hydrogens is 258 g/mol. The first-order valence-electron chi connectivity index (χ1n) is 4.91. The first kappa shape index (κ1) is 10.6. The number of hydrogen-bond donors (Lipinski definition) is 2. The molecule has 2 atom stereocenters. The first-order valence-corrected chi connectivity index (χ1v) is 5.70.